The Morgan fingerprint density at radius 3 is 2.11 bits per heavy atom. The van der Waals surface area contributed by atoms with E-state index in [1.807, 2.05) is 7.05 Å². The molecule has 108 valence electrons. The van der Waals surface area contributed by atoms with Gasteiger partial charge in [0.25, 0.3) is 0 Å². The van der Waals surface area contributed by atoms with Gasteiger partial charge in [0, 0.05) is 11.6 Å². The lowest BCUT2D eigenvalue weighted by molar-refractivity contribution is 0.322. The Bertz CT molecular complexity index is 398. The number of rotatable bonds is 7. The van der Waals surface area contributed by atoms with E-state index in [9.17, 15) is 8.78 Å². The first-order chi connectivity index (χ1) is 9.04. The second-order valence-electron chi connectivity index (χ2n) is 5.23. The molecule has 0 aliphatic carbocycles. The zero-order valence-corrected chi connectivity index (χ0v) is 12.4. The van der Waals surface area contributed by atoms with Gasteiger partial charge in [-0.05, 0) is 50.4 Å². The number of hydrogen-bond acceptors (Lipinski definition) is 1. The van der Waals surface area contributed by atoms with E-state index < -0.39 is 0 Å². The highest BCUT2D eigenvalue weighted by molar-refractivity contribution is 5.28. The molecule has 1 rings (SSSR count). The monoisotopic (exact) mass is 269 g/mol. The number of benzene rings is 1. The van der Waals surface area contributed by atoms with Crippen molar-refractivity contribution in [1.82, 2.24) is 5.32 Å². The maximum atomic E-state index is 14.1. The van der Waals surface area contributed by atoms with E-state index in [1.54, 1.807) is 6.92 Å². The number of hydrogen-bond donors (Lipinski definition) is 1. The van der Waals surface area contributed by atoms with Crippen molar-refractivity contribution in [3.63, 3.8) is 0 Å². The fraction of sp³-hybridized carbons (Fsp3) is 0.625. The minimum Gasteiger partial charge on any atom is -0.313 e. The van der Waals surface area contributed by atoms with Crippen LogP contribution in [0.3, 0.4) is 0 Å². The molecule has 0 aliphatic heterocycles. The van der Waals surface area contributed by atoms with Crippen molar-refractivity contribution < 1.29 is 8.78 Å². The molecule has 0 aromatic heterocycles. The maximum Gasteiger partial charge on any atom is 0.128 e. The zero-order valence-electron chi connectivity index (χ0n) is 12.4. The molecule has 1 aromatic rings. The maximum absolute atomic E-state index is 14.1. The molecular formula is C16H25F2N. The van der Waals surface area contributed by atoms with Gasteiger partial charge >= 0.3 is 0 Å². The van der Waals surface area contributed by atoms with Crippen molar-refractivity contribution in [3.8, 4) is 0 Å². The number of nitrogens with one attached hydrogen (secondary N) is 1. The smallest absolute Gasteiger partial charge is 0.128 e. The van der Waals surface area contributed by atoms with Gasteiger partial charge in [0.15, 0.2) is 0 Å². The van der Waals surface area contributed by atoms with E-state index >= 15 is 0 Å². The van der Waals surface area contributed by atoms with Crippen LogP contribution in [-0.4, -0.2) is 7.05 Å². The van der Waals surface area contributed by atoms with Gasteiger partial charge in [-0.2, -0.15) is 0 Å². The summed E-state index contributed by atoms with van der Waals surface area (Å²) in [6, 6.07) is 2.53. The van der Waals surface area contributed by atoms with E-state index in [1.165, 1.54) is 12.1 Å². The first-order valence-electron chi connectivity index (χ1n) is 7.17. The third kappa shape index (κ3) is 4.00. The summed E-state index contributed by atoms with van der Waals surface area (Å²) in [6.45, 7) is 5.84. The first kappa shape index (κ1) is 16.1. The summed E-state index contributed by atoms with van der Waals surface area (Å²) in [5, 5.41) is 3.17. The topological polar surface area (TPSA) is 12.0 Å². The van der Waals surface area contributed by atoms with Gasteiger partial charge < -0.3 is 5.32 Å². The Hall–Kier alpha value is -0.960. The Balaban J connectivity index is 3.10. The highest BCUT2D eigenvalue weighted by Crippen LogP contribution is 2.32. The molecule has 0 radical (unpaired) electrons. The van der Waals surface area contributed by atoms with Crippen molar-refractivity contribution >= 4 is 0 Å². The molecule has 0 saturated carbocycles. The summed E-state index contributed by atoms with van der Waals surface area (Å²) in [7, 11) is 1.82. The zero-order chi connectivity index (χ0) is 14.4. The van der Waals surface area contributed by atoms with E-state index in [4.69, 9.17) is 0 Å². The molecule has 1 aromatic carbocycles. The minimum atomic E-state index is -0.330. The van der Waals surface area contributed by atoms with Crippen LogP contribution < -0.4 is 5.32 Å². The van der Waals surface area contributed by atoms with Gasteiger partial charge in [0.05, 0.1) is 0 Å². The van der Waals surface area contributed by atoms with Crippen molar-refractivity contribution in [2.24, 2.45) is 5.92 Å². The molecule has 0 bridgehead atoms. The third-order valence-electron chi connectivity index (χ3n) is 3.71. The van der Waals surface area contributed by atoms with E-state index in [0.29, 0.717) is 17.0 Å². The standard InChI is InChI=1S/C16H25F2N/c1-5-7-12(8-6-2)16(19-4)13-10-14(17)11(3)9-15(13)18/h9-10,12,16,19H,5-8H2,1-4H3. The summed E-state index contributed by atoms with van der Waals surface area (Å²) in [5.41, 5.74) is 0.816. The van der Waals surface area contributed by atoms with Gasteiger partial charge in [-0.25, -0.2) is 8.78 Å². The van der Waals surface area contributed by atoms with Gasteiger partial charge in [0.2, 0.25) is 0 Å². The largest absolute Gasteiger partial charge is 0.313 e. The minimum absolute atomic E-state index is 0.116. The SMILES string of the molecule is CCCC(CCC)C(NC)c1cc(F)c(C)cc1F. The molecule has 1 atom stereocenters. The van der Waals surface area contributed by atoms with Crippen LogP contribution in [0.25, 0.3) is 0 Å². The van der Waals surface area contributed by atoms with E-state index in [0.717, 1.165) is 25.7 Å². The van der Waals surface area contributed by atoms with Crippen LogP contribution in [0.2, 0.25) is 0 Å². The molecule has 3 heteroatoms. The number of halogens is 2. The lowest BCUT2D eigenvalue weighted by Crippen LogP contribution is -2.26. The van der Waals surface area contributed by atoms with Gasteiger partial charge in [0.1, 0.15) is 11.6 Å². The van der Waals surface area contributed by atoms with E-state index in [2.05, 4.69) is 19.2 Å². The number of aryl methyl sites for hydroxylation is 1. The average Bonchev–Trinajstić information content (AvgIpc) is 2.37. The molecule has 19 heavy (non-hydrogen) atoms. The summed E-state index contributed by atoms with van der Waals surface area (Å²) in [6.07, 6.45) is 4.15. The Morgan fingerprint density at radius 1 is 1.05 bits per heavy atom. The van der Waals surface area contributed by atoms with Crippen LogP contribution in [0.1, 0.15) is 56.7 Å². The molecule has 1 nitrogen and oxygen atoms in total. The molecule has 0 fully saturated rings. The van der Waals surface area contributed by atoms with Crippen molar-refractivity contribution in [3.05, 3.63) is 34.9 Å². The predicted molar refractivity (Wildman–Crippen MR) is 76.2 cm³/mol. The van der Waals surface area contributed by atoms with Crippen LogP contribution in [0.5, 0.6) is 0 Å². The quantitative estimate of drug-likeness (QED) is 0.753. The van der Waals surface area contributed by atoms with Crippen molar-refractivity contribution in [1.29, 1.82) is 0 Å². The summed E-state index contributed by atoms with van der Waals surface area (Å²) in [5.74, 6) is -0.296. The molecule has 0 amide bonds. The Kier molecular flexibility index (Phi) is 6.43. The molecule has 1 unspecified atom stereocenters. The predicted octanol–water partition coefficient (Wildman–Crippen LogP) is 4.75. The van der Waals surface area contributed by atoms with Crippen LogP contribution in [0.4, 0.5) is 8.78 Å². The first-order valence-corrected chi connectivity index (χ1v) is 7.17. The van der Waals surface area contributed by atoms with Crippen LogP contribution in [0.15, 0.2) is 12.1 Å². The molecule has 0 saturated heterocycles. The van der Waals surface area contributed by atoms with E-state index in [-0.39, 0.29) is 17.7 Å². The second kappa shape index (κ2) is 7.59. The lowest BCUT2D eigenvalue weighted by Gasteiger charge is -2.27. The van der Waals surface area contributed by atoms with Gasteiger partial charge in [-0.1, -0.05) is 26.7 Å². The molecule has 1 N–H and O–H groups in total. The fourth-order valence-electron chi connectivity index (χ4n) is 2.76. The Morgan fingerprint density at radius 2 is 1.63 bits per heavy atom. The molecular weight excluding hydrogens is 244 g/mol. The Labute approximate surface area is 115 Å². The van der Waals surface area contributed by atoms with Crippen LogP contribution in [-0.2, 0) is 0 Å². The van der Waals surface area contributed by atoms with Gasteiger partial charge in [-0.15, -0.1) is 0 Å². The van der Waals surface area contributed by atoms with Crippen molar-refractivity contribution in [2.45, 2.75) is 52.5 Å². The third-order valence-corrected chi connectivity index (χ3v) is 3.71. The summed E-state index contributed by atoms with van der Waals surface area (Å²) < 4.78 is 27.8. The molecule has 0 spiro atoms. The normalized spacial score (nSPS) is 13.0. The highest BCUT2D eigenvalue weighted by Gasteiger charge is 2.24. The van der Waals surface area contributed by atoms with Crippen LogP contribution >= 0.6 is 0 Å². The fourth-order valence-corrected chi connectivity index (χ4v) is 2.76. The molecule has 0 aliphatic rings. The van der Waals surface area contributed by atoms with Crippen molar-refractivity contribution in [2.75, 3.05) is 7.05 Å². The summed E-state index contributed by atoms with van der Waals surface area (Å²) >= 11 is 0. The molecule has 0 heterocycles. The second-order valence-corrected chi connectivity index (χ2v) is 5.23. The average molecular weight is 269 g/mol. The highest BCUT2D eigenvalue weighted by atomic mass is 19.1. The van der Waals surface area contributed by atoms with Gasteiger partial charge in [-0.3, -0.25) is 0 Å². The summed E-state index contributed by atoms with van der Waals surface area (Å²) in [4.78, 5) is 0. The van der Waals surface area contributed by atoms with Crippen LogP contribution in [0, 0.1) is 24.5 Å². The lowest BCUT2D eigenvalue weighted by atomic mass is 9.85.